The van der Waals surface area contributed by atoms with E-state index in [0.717, 1.165) is 50.4 Å². The SMILES string of the molecule is Cc1ccc(CN(C)CC2(CNC3CC3)CCCOC2)o1. The van der Waals surface area contributed by atoms with Gasteiger partial charge in [-0.3, -0.25) is 4.90 Å². The summed E-state index contributed by atoms with van der Waals surface area (Å²) in [4.78, 5) is 2.38. The lowest BCUT2D eigenvalue weighted by atomic mass is 9.81. The molecule has 1 aliphatic carbocycles. The summed E-state index contributed by atoms with van der Waals surface area (Å²) in [6.45, 7) is 6.82. The van der Waals surface area contributed by atoms with Crippen molar-refractivity contribution < 1.29 is 9.15 Å². The fourth-order valence-electron chi connectivity index (χ4n) is 3.34. The van der Waals surface area contributed by atoms with E-state index in [1.165, 1.54) is 25.7 Å². The van der Waals surface area contributed by atoms with Gasteiger partial charge < -0.3 is 14.5 Å². The summed E-state index contributed by atoms with van der Waals surface area (Å²) in [6.07, 6.45) is 5.13. The normalized spacial score (nSPS) is 26.4. The van der Waals surface area contributed by atoms with Crippen LogP contribution in [0.5, 0.6) is 0 Å². The molecule has 1 N–H and O–H groups in total. The lowest BCUT2D eigenvalue weighted by Crippen LogP contribution is -2.48. The van der Waals surface area contributed by atoms with Gasteiger partial charge in [0, 0.05) is 31.2 Å². The summed E-state index contributed by atoms with van der Waals surface area (Å²) in [6, 6.07) is 4.89. The molecule has 1 aromatic rings. The van der Waals surface area contributed by atoms with Gasteiger partial charge >= 0.3 is 0 Å². The molecule has 2 aliphatic rings. The van der Waals surface area contributed by atoms with Crippen molar-refractivity contribution in [1.82, 2.24) is 10.2 Å². The first-order valence-electron chi connectivity index (χ1n) is 8.20. The Hall–Kier alpha value is -0.840. The lowest BCUT2D eigenvalue weighted by Gasteiger charge is -2.40. The summed E-state index contributed by atoms with van der Waals surface area (Å²) in [5, 5.41) is 3.71. The van der Waals surface area contributed by atoms with Crippen molar-refractivity contribution in [3.8, 4) is 0 Å². The van der Waals surface area contributed by atoms with Crippen molar-refractivity contribution in [2.45, 2.75) is 45.2 Å². The zero-order valence-corrected chi connectivity index (χ0v) is 13.4. The van der Waals surface area contributed by atoms with Crippen molar-refractivity contribution in [2.75, 3.05) is 33.4 Å². The van der Waals surface area contributed by atoms with Gasteiger partial charge in [0.1, 0.15) is 11.5 Å². The maximum absolute atomic E-state index is 5.80. The van der Waals surface area contributed by atoms with Crippen LogP contribution in [-0.2, 0) is 11.3 Å². The standard InChI is InChI=1S/C17H28N2O2/c1-14-4-7-16(21-14)10-19(2)12-17(8-3-9-20-13-17)11-18-15-5-6-15/h4,7,15,18H,3,5-6,8-13H2,1-2H3. The minimum atomic E-state index is 0.261. The minimum Gasteiger partial charge on any atom is -0.465 e. The van der Waals surface area contributed by atoms with E-state index in [2.05, 4.69) is 23.3 Å². The Morgan fingerprint density at radius 2 is 2.24 bits per heavy atom. The smallest absolute Gasteiger partial charge is 0.118 e. The monoisotopic (exact) mass is 292 g/mol. The fraction of sp³-hybridized carbons (Fsp3) is 0.765. The zero-order valence-electron chi connectivity index (χ0n) is 13.4. The first-order valence-corrected chi connectivity index (χ1v) is 8.20. The number of hydrogen-bond donors (Lipinski definition) is 1. The first-order chi connectivity index (χ1) is 10.2. The summed E-state index contributed by atoms with van der Waals surface area (Å²) >= 11 is 0. The highest BCUT2D eigenvalue weighted by Crippen LogP contribution is 2.31. The molecule has 1 saturated heterocycles. The molecular weight excluding hydrogens is 264 g/mol. The van der Waals surface area contributed by atoms with Crippen LogP contribution in [-0.4, -0.2) is 44.3 Å². The average Bonchev–Trinajstić information content (AvgIpc) is 3.21. The Morgan fingerprint density at radius 1 is 1.38 bits per heavy atom. The fourth-order valence-corrected chi connectivity index (χ4v) is 3.34. The second kappa shape index (κ2) is 6.51. The summed E-state index contributed by atoms with van der Waals surface area (Å²) in [5.41, 5.74) is 0.261. The predicted octanol–water partition coefficient (Wildman–Crippen LogP) is 2.57. The maximum atomic E-state index is 5.80. The predicted molar refractivity (Wildman–Crippen MR) is 83.3 cm³/mol. The highest BCUT2D eigenvalue weighted by molar-refractivity contribution is 5.05. The topological polar surface area (TPSA) is 37.6 Å². The largest absolute Gasteiger partial charge is 0.465 e. The van der Waals surface area contributed by atoms with Gasteiger partial charge in [-0.1, -0.05) is 0 Å². The highest BCUT2D eigenvalue weighted by Gasteiger charge is 2.35. The second-order valence-corrected chi connectivity index (χ2v) is 7.00. The second-order valence-electron chi connectivity index (χ2n) is 7.00. The molecule has 0 radical (unpaired) electrons. The first kappa shape index (κ1) is 15.1. The van der Waals surface area contributed by atoms with Gasteiger partial charge in [0.05, 0.1) is 13.2 Å². The molecule has 2 heterocycles. The van der Waals surface area contributed by atoms with Crippen molar-refractivity contribution in [3.05, 3.63) is 23.7 Å². The van der Waals surface area contributed by atoms with Crippen molar-refractivity contribution in [1.29, 1.82) is 0 Å². The number of furan rings is 1. The molecule has 1 saturated carbocycles. The van der Waals surface area contributed by atoms with Crippen LogP contribution in [0.25, 0.3) is 0 Å². The molecule has 1 unspecified atom stereocenters. The van der Waals surface area contributed by atoms with Gasteiger partial charge in [-0.05, 0) is 51.8 Å². The lowest BCUT2D eigenvalue weighted by molar-refractivity contribution is -0.0245. The van der Waals surface area contributed by atoms with E-state index in [4.69, 9.17) is 9.15 Å². The summed E-state index contributed by atoms with van der Waals surface area (Å²) < 4.78 is 11.5. The van der Waals surface area contributed by atoms with Crippen molar-refractivity contribution >= 4 is 0 Å². The van der Waals surface area contributed by atoms with E-state index in [9.17, 15) is 0 Å². The molecule has 1 aliphatic heterocycles. The molecule has 21 heavy (non-hydrogen) atoms. The Balaban J connectivity index is 1.56. The van der Waals surface area contributed by atoms with Gasteiger partial charge in [0.25, 0.3) is 0 Å². The summed E-state index contributed by atoms with van der Waals surface area (Å²) in [5.74, 6) is 2.04. The van der Waals surface area contributed by atoms with Crippen molar-refractivity contribution in [2.24, 2.45) is 5.41 Å². The van der Waals surface area contributed by atoms with E-state index in [1.807, 2.05) is 13.0 Å². The van der Waals surface area contributed by atoms with Crippen LogP contribution < -0.4 is 5.32 Å². The van der Waals surface area contributed by atoms with E-state index < -0.39 is 0 Å². The quantitative estimate of drug-likeness (QED) is 0.838. The van der Waals surface area contributed by atoms with E-state index in [0.29, 0.717) is 0 Å². The van der Waals surface area contributed by atoms with Gasteiger partial charge in [-0.15, -0.1) is 0 Å². The number of hydrogen-bond acceptors (Lipinski definition) is 4. The Kier molecular flexibility index (Phi) is 4.67. The zero-order chi connectivity index (χ0) is 14.7. The third-order valence-electron chi connectivity index (χ3n) is 4.57. The van der Waals surface area contributed by atoms with Gasteiger partial charge in [-0.25, -0.2) is 0 Å². The van der Waals surface area contributed by atoms with Crippen LogP contribution in [0, 0.1) is 12.3 Å². The Bertz CT molecular complexity index is 447. The van der Waals surface area contributed by atoms with Gasteiger partial charge in [0.2, 0.25) is 0 Å². The van der Waals surface area contributed by atoms with Crippen LogP contribution in [0.15, 0.2) is 16.5 Å². The van der Waals surface area contributed by atoms with Crippen molar-refractivity contribution in [3.63, 3.8) is 0 Å². The van der Waals surface area contributed by atoms with E-state index >= 15 is 0 Å². The number of nitrogens with one attached hydrogen (secondary N) is 1. The summed E-state index contributed by atoms with van der Waals surface area (Å²) in [7, 11) is 2.19. The van der Waals surface area contributed by atoms with Crippen LogP contribution in [0.2, 0.25) is 0 Å². The molecule has 0 aromatic carbocycles. The molecule has 1 atom stereocenters. The molecule has 1 aromatic heterocycles. The van der Waals surface area contributed by atoms with Crippen LogP contribution in [0.1, 0.15) is 37.2 Å². The van der Waals surface area contributed by atoms with E-state index in [1.54, 1.807) is 0 Å². The molecule has 118 valence electrons. The number of ether oxygens (including phenoxy) is 1. The van der Waals surface area contributed by atoms with E-state index in [-0.39, 0.29) is 5.41 Å². The van der Waals surface area contributed by atoms with Crippen LogP contribution in [0.3, 0.4) is 0 Å². The molecule has 0 amide bonds. The van der Waals surface area contributed by atoms with Crippen LogP contribution in [0.4, 0.5) is 0 Å². The number of rotatable bonds is 7. The Labute approximate surface area is 127 Å². The van der Waals surface area contributed by atoms with Gasteiger partial charge in [0.15, 0.2) is 0 Å². The highest BCUT2D eigenvalue weighted by atomic mass is 16.5. The van der Waals surface area contributed by atoms with Gasteiger partial charge in [-0.2, -0.15) is 0 Å². The molecule has 4 nitrogen and oxygen atoms in total. The molecule has 4 heteroatoms. The molecule has 3 rings (SSSR count). The molecule has 2 fully saturated rings. The minimum absolute atomic E-state index is 0.261. The number of aryl methyl sites for hydroxylation is 1. The number of nitrogens with zero attached hydrogens (tertiary/aromatic N) is 1. The third kappa shape index (κ3) is 4.31. The third-order valence-corrected chi connectivity index (χ3v) is 4.57. The average molecular weight is 292 g/mol. The van der Waals surface area contributed by atoms with Crippen LogP contribution >= 0.6 is 0 Å². The maximum Gasteiger partial charge on any atom is 0.118 e. The molecular formula is C17H28N2O2. The Morgan fingerprint density at radius 3 is 2.86 bits per heavy atom. The molecule has 0 bridgehead atoms. The molecule has 0 spiro atoms.